The fourth-order valence-corrected chi connectivity index (χ4v) is 3.51. The lowest BCUT2D eigenvalue weighted by molar-refractivity contribution is -0.0392. The zero-order valence-electron chi connectivity index (χ0n) is 14.3. The molecule has 1 aromatic heterocycles. The van der Waals surface area contributed by atoms with Gasteiger partial charge in [-0.1, -0.05) is 39.0 Å². The smallest absolute Gasteiger partial charge is 0.0538 e. The van der Waals surface area contributed by atoms with Crippen molar-refractivity contribution in [2.45, 2.75) is 53.2 Å². The normalized spacial score (nSPS) is 19.2. The second kappa shape index (κ2) is 6.63. The minimum atomic E-state index is 0.492. The van der Waals surface area contributed by atoms with E-state index in [1.54, 1.807) is 5.56 Å². The minimum Gasteiger partial charge on any atom is -0.343 e. The molecule has 2 aromatic rings. The number of benzene rings is 1. The van der Waals surface area contributed by atoms with Crippen LogP contribution in [0.25, 0.3) is 10.9 Å². The molecule has 0 saturated heterocycles. The summed E-state index contributed by atoms with van der Waals surface area (Å²) in [5.74, 6) is 0. The van der Waals surface area contributed by atoms with E-state index in [1.165, 1.54) is 16.6 Å². The number of fused-ring (bicyclic) bond motifs is 3. The molecule has 2 heterocycles. The number of aryl methyl sites for hydroxylation is 1. The molecule has 1 aromatic carbocycles. The fourth-order valence-electron chi connectivity index (χ4n) is 3.51. The third-order valence-corrected chi connectivity index (χ3v) is 4.53. The molecule has 1 aliphatic rings. The first-order valence-corrected chi connectivity index (χ1v) is 8.22. The molecular weight excluding hydrogens is 258 g/mol. The Balaban J connectivity index is 0.000000774. The van der Waals surface area contributed by atoms with Crippen LogP contribution in [-0.2, 0) is 13.1 Å². The van der Waals surface area contributed by atoms with E-state index in [0.29, 0.717) is 6.04 Å². The highest BCUT2D eigenvalue weighted by atomic mass is 15.6. The van der Waals surface area contributed by atoms with Gasteiger partial charge in [0.15, 0.2) is 0 Å². The van der Waals surface area contributed by atoms with Crippen molar-refractivity contribution in [3.63, 3.8) is 0 Å². The van der Waals surface area contributed by atoms with Crippen molar-refractivity contribution in [3.05, 3.63) is 35.5 Å². The second-order valence-electron chi connectivity index (χ2n) is 5.44. The summed E-state index contributed by atoms with van der Waals surface area (Å²) in [6, 6.07) is 9.33. The summed E-state index contributed by atoms with van der Waals surface area (Å²) in [7, 11) is 4.39. The van der Waals surface area contributed by atoms with Crippen LogP contribution in [0.2, 0.25) is 0 Å². The maximum absolute atomic E-state index is 2.48. The molecule has 0 N–H and O–H groups in total. The molecule has 0 bridgehead atoms. The molecule has 0 amide bonds. The number of hydrogen-bond donors (Lipinski definition) is 0. The van der Waals surface area contributed by atoms with E-state index in [4.69, 9.17) is 0 Å². The molecule has 0 aliphatic carbocycles. The zero-order chi connectivity index (χ0) is 15.6. The zero-order valence-corrected chi connectivity index (χ0v) is 14.3. The Morgan fingerprint density at radius 3 is 2.38 bits per heavy atom. The third kappa shape index (κ3) is 2.49. The highest BCUT2D eigenvalue weighted by molar-refractivity contribution is 5.86. The lowest BCUT2D eigenvalue weighted by Crippen LogP contribution is -2.43. The minimum absolute atomic E-state index is 0.492. The first kappa shape index (κ1) is 16.1. The van der Waals surface area contributed by atoms with E-state index >= 15 is 0 Å². The van der Waals surface area contributed by atoms with Gasteiger partial charge in [-0.15, -0.1) is 0 Å². The van der Waals surface area contributed by atoms with E-state index in [0.717, 1.165) is 19.5 Å². The molecule has 3 rings (SSSR count). The molecule has 3 heteroatoms. The number of para-hydroxylation sites is 1. The Morgan fingerprint density at radius 2 is 1.76 bits per heavy atom. The first-order valence-electron chi connectivity index (χ1n) is 8.22. The Labute approximate surface area is 129 Å². The van der Waals surface area contributed by atoms with Gasteiger partial charge in [0.05, 0.1) is 12.6 Å². The number of rotatable bonds is 2. The molecule has 1 aliphatic heterocycles. The monoisotopic (exact) mass is 287 g/mol. The van der Waals surface area contributed by atoms with Gasteiger partial charge in [-0.3, -0.25) is 0 Å². The van der Waals surface area contributed by atoms with Crippen molar-refractivity contribution >= 4 is 10.9 Å². The van der Waals surface area contributed by atoms with Crippen LogP contribution in [0.5, 0.6) is 0 Å². The average Bonchev–Trinajstić information content (AvgIpc) is 2.84. The Hall–Kier alpha value is -1.32. The van der Waals surface area contributed by atoms with Gasteiger partial charge in [0.2, 0.25) is 0 Å². The lowest BCUT2D eigenvalue weighted by atomic mass is 9.98. The molecule has 3 nitrogen and oxygen atoms in total. The topological polar surface area (TPSA) is 11.4 Å². The summed E-state index contributed by atoms with van der Waals surface area (Å²) < 4.78 is 2.48. The van der Waals surface area contributed by atoms with Crippen molar-refractivity contribution in [1.82, 2.24) is 14.6 Å². The molecule has 0 radical (unpaired) electrons. The highest BCUT2D eigenvalue weighted by Gasteiger charge is 2.31. The molecule has 0 fully saturated rings. The van der Waals surface area contributed by atoms with Crippen molar-refractivity contribution in [2.24, 2.45) is 0 Å². The molecule has 1 unspecified atom stereocenters. The third-order valence-electron chi connectivity index (χ3n) is 4.53. The van der Waals surface area contributed by atoms with E-state index in [2.05, 4.69) is 66.8 Å². The summed E-state index contributed by atoms with van der Waals surface area (Å²) in [5.41, 5.74) is 4.42. The van der Waals surface area contributed by atoms with Gasteiger partial charge in [-0.2, -0.15) is 0 Å². The van der Waals surface area contributed by atoms with Crippen molar-refractivity contribution in [3.8, 4) is 0 Å². The number of hydrazine groups is 1. The Bertz CT molecular complexity index is 600. The maximum atomic E-state index is 2.48. The summed E-state index contributed by atoms with van der Waals surface area (Å²) in [4.78, 5) is 0. The lowest BCUT2D eigenvalue weighted by Gasteiger charge is -2.40. The van der Waals surface area contributed by atoms with Gasteiger partial charge in [-0.05, 0) is 19.4 Å². The van der Waals surface area contributed by atoms with Crippen molar-refractivity contribution < 1.29 is 0 Å². The van der Waals surface area contributed by atoms with Crippen LogP contribution in [0.3, 0.4) is 0 Å². The van der Waals surface area contributed by atoms with Gasteiger partial charge in [0.1, 0.15) is 0 Å². The quantitative estimate of drug-likeness (QED) is 0.809. The molecule has 21 heavy (non-hydrogen) atoms. The van der Waals surface area contributed by atoms with Crippen LogP contribution in [0, 0.1) is 0 Å². The van der Waals surface area contributed by atoms with E-state index in [-0.39, 0.29) is 0 Å². The predicted octanol–water partition coefficient (Wildman–Crippen LogP) is 4.43. The fraction of sp³-hybridized carbons (Fsp3) is 0.556. The van der Waals surface area contributed by atoms with Crippen LogP contribution in [0.15, 0.2) is 24.3 Å². The molecule has 116 valence electrons. The second-order valence-corrected chi connectivity index (χ2v) is 5.44. The first-order chi connectivity index (χ1) is 10.2. The maximum Gasteiger partial charge on any atom is 0.0538 e. The number of nitrogens with zero attached hydrogens (tertiary/aromatic N) is 3. The van der Waals surface area contributed by atoms with Gasteiger partial charge in [-0.25, -0.2) is 10.0 Å². The average molecular weight is 287 g/mol. The molecule has 1 atom stereocenters. The van der Waals surface area contributed by atoms with E-state index in [9.17, 15) is 0 Å². The van der Waals surface area contributed by atoms with Crippen LogP contribution in [-0.4, -0.2) is 28.7 Å². The van der Waals surface area contributed by atoms with Crippen LogP contribution in [0.1, 0.15) is 51.4 Å². The van der Waals surface area contributed by atoms with Gasteiger partial charge in [0, 0.05) is 42.8 Å². The van der Waals surface area contributed by atoms with Crippen molar-refractivity contribution in [2.75, 3.05) is 14.1 Å². The number of aromatic nitrogens is 1. The number of hydrogen-bond acceptors (Lipinski definition) is 2. The largest absolute Gasteiger partial charge is 0.343 e. The standard InChI is InChI=1S/C16H23N3.C2H6/c1-5-13-16-12-9-7-8-10-14(12)19(6-2)15(16)11-17(3)18(13)4;1-2/h7-10,13H,5-6,11H2,1-4H3;1-2H3. The van der Waals surface area contributed by atoms with Crippen molar-refractivity contribution in [1.29, 1.82) is 0 Å². The molecular formula is C18H29N3. The van der Waals surface area contributed by atoms with E-state index in [1.807, 2.05) is 13.8 Å². The van der Waals surface area contributed by atoms with Crippen LogP contribution < -0.4 is 0 Å². The molecule has 0 spiro atoms. The summed E-state index contributed by atoms with van der Waals surface area (Å²) >= 11 is 0. The summed E-state index contributed by atoms with van der Waals surface area (Å²) in [6.07, 6.45) is 1.14. The van der Waals surface area contributed by atoms with Crippen LogP contribution in [0.4, 0.5) is 0 Å². The van der Waals surface area contributed by atoms with E-state index < -0.39 is 0 Å². The van der Waals surface area contributed by atoms with Gasteiger partial charge < -0.3 is 4.57 Å². The predicted molar refractivity (Wildman–Crippen MR) is 91.2 cm³/mol. The highest BCUT2D eigenvalue weighted by Crippen LogP contribution is 2.39. The Kier molecular flexibility index (Phi) is 5.07. The SMILES string of the molecule is CC.CCC1c2c(n(CC)c3ccccc23)CN(C)N1C. The Morgan fingerprint density at radius 1 is 1.10 bits per heavy atom. The van der Waals surface area contributed by atoms with Gasteiger partial charge >= 0.3 is 0 Å². The van der Waals surface area contributed by atoms with Crippen LogP contribution >= 0.6 is 0 Å². The summed E-state index contributed by atoms with van der Waals surface area (Å²) in [5, 5.41) is 6.15. The summed E-state index contributed by atoms with van der Waals surface area (Å²) in [6.45, 7) is 10.6. The molecule has 0 saturated carbocycles. The van der Waals surface area contributed by atoms with Gasteiger partial charge in [0.25, 0.3) is 0 Å².